The summed E-state index contributed by atoms with van der Waals surface area (Å²) < 4.78 is 10.0. The first-order chi connectivity index (χ1) is 14.5. The summed E-state index contributed by atoms with van der Waals surface area (Å²) in [6.07, 6.45) is 7.89. The van der Waals surface area contributed by atoms with Crippen LogP contribution in [0, 0.1) is 0 Å². The number of primary amides is 1. The van der Waals surface area contributed by atoms with E-state index in [1.807, 2.05) is 6.92 Å². The Balaban J connectivity index is 1.77. The number of nitrogens with zero attached hydrogens (tertiary/aromatic N) is 5. The van der Waals surface area contributed by atoms with Crippen molar-refractivity contribution in [3.05, 3.63) is 24.8 Å². The van der Waals surface area contributed by atoms with E-state index in [0.717, 1.165) is 0 Å². The summed E-state index contributed by atoms with van der Waals surface area (Å²) >= 11 is 0. The maximum absolute atomic E-state index is 12.7. The molecular weight excluding hydrogens is 390 g/mol. The summed E-state index contributed by atoms with van der Waals surface area (Å²) in [4.78, 5) is 42.3. The van der Waals surface area contributed by atoms with Crippen LogP contribution in [-0.2, 0) is 4.74 Å². The van der Waals surface area contributed by atoms with Gasteiger partial charge in [-0.05, 0) is 32.6 Å². The fraction of sp³-hybridized carbons (Fsp3) is 0.474. The van der Waals surface area contributed by atoms with Crippen molar-refractivity contribution in [3.8, 4) is 17.3 Å². The number of urea groups is 1. The molecule has 0 bridgehead atoms. The number of carbonyl (C=O) groups is 2. The Morgan fingerprint density at radius 2 is 1.80 bits per heavy atom. The highest BCUT2D eigenvalue weighted by Crippen LogP contribution is 2.28. The molecule has 1 aliphatic carbocycles. The normalized spacial score (nSPS) is 18.3. The molecule has 160 valence electrons. The predicted molar refractivity (Wildman–Crippen MR) is 108 cm³/mol. The van der Waals surface area contributed by atoms with Crippen molar-refractivity contribution in [1.82, 2.24) is 25.3 Å². The van der Waals surface area contributed by atoms with Crippen molar-refractivity contribution in [2.75, 3.05) is 18.6 Å². The zero-order valence-electron chi connectivity index (χ0n) is 16.9. The highest BCUT2D eigenvalue weighted by atomic mass is 16.6. The first kappa shape index (κ1) is 21.2. The molecule has 2 heterocycles. The number of hydrogen-bond donors (Lipinski definition) is 2. The molecule has 0 saturated heterocycles. The molecule has 0 aliphatic heterocycles. The number of nitrogens with two attached hydrogens (primary N) is 1. The lowest BCUT2D eigenvalue weighted by atomic mass is 9.92. The van der Waals surface area contributed by atoms with E-state index in [2.05, 4.69) is 25.3 Å². The summed E-state index contributed by atoms with van der Waals surface area (Å²) in [6.45, 7) is 2.34. The fourth-order valence-electron chi connectivity index (χ4n) is 3.43. The zero-order valence-corrected chi connectivity index (χ0v) is 16.9. The van der Waals surface area contributed by atoms with E-state index in [1.54, 1.807) is 29.7 Å². The van der Waals surface area contributed by atoms with Crippen molar-refractivity contribution < 1.29 is 19.1 Å². The molecule has 0 atom stereocenters. The average molecular weight is 415 g/mol. The predicted octanol–water partition coefficient (Wildman–Crippen LogP) is 1.88. The van der Waals surface area contributed by atoms with E-state index in [4.69, 9.17) is 15.2 Å². The summed E-state index contributed by atoms with van der Waals surface area (Å²) in [5.74, 6) is 0.443. The quantitative estimate of drug-likeness (QED) is 0.727. The van der Waals surface area contributed by atoms with Gasteiger partial charge in [0.15, 0.2) is 5.82 Å². The SMILES string of the molecule is CCNC(=O)N(c1cnc(-c2cnc(OC)nc2)cn1)C1CCC(OC(N)=O)CC1. The third-order valence-electron chi connectivity index (χ3n) is 4.83. The van der Waals surface area contributed by atoms with Gasteiger partial charge in [0.1, 0.15) is 6.10 Å². The van der Waals surface area contributed by atoms with Crippen molar-refractivity contribution >= 4 is 17.9 Å². The molecule has 1 fully saturated rings. The number of methoxy groups -OCH3 is 1. The number of amides is 3. The van der Waals surface area contributed by atoms with Crippen LogP contribution in [0.3, 0.4) is 0 Å². The van der Waals surface area contributed by atoms with E-state index >= 15 is 0 Å². The maximum atomic E-state index is 12.7. The summed E-state index contributed by atoms with van der Waals surface area (Å²) in [6, 6.07) is -0.0676. The van der Waals surface area contributed by atoms with Gasteiger partial charge in [-0.15, -0.1) is 0 Å². The van der Waals surface area contributed by atoms with Crippen LogP contribution in [0.5, 0.6) is 6.01 Å². The van der Waals surface area contributed by atoms with Crippen LogP contribution in [0.1, 0.15) is 32.6 Å². The highest BCUT2D eigenvalue weighted by Gasteiger charge is 2.32. The summed E-state index contributed by atoms with van der Waals surface area (Å²) in [5.41, 5.74) is 6.37. The molecule has 1 aliphatic rings. The van der Waals surface area contributed by atoms with Crippen LogP contribution in [0.2, 0.25) is 0 Å². The second-order valence-corrected chi connectivity index (χ2v) is 6.79. The standard InChI is InChI=1S/C19H25N7O4/c1-3-21-19(28)26(13-4-6-14(7-5-13)30-17(20)27)16-11-22-15(10-23-16)12-8-24-18(29-2)25-9-12/h8-11,13-14H,3-7H2,1-2H3,(H2,20,27)(H,21,28). The minimum absolute atomic E-state index is 0.0891. The Labute approximate surface area is 174 Å². The topological polar surface area (TPSA) is 145 Å². The van der Waals surface area contributed by atoms with Crippen molar-refractivity contribution in [2.45, 2.75) is 44.8 Å². The van der Waals surface area contributed by atoms with Crippen molar-refractivity contribution in [1.29, 1.82) is 0 Å². The van der Waals surface area contributed by atoms with Crippen LogP contribution < -0.4 is 20.7 Å². The number of hydrogen-bond acceptors (Lipinski definition) is 8. The van der Waals surface area contributed by atoms with Gasteiger partial charge < -0.3 is 20.5 Å². The number of carbonyl (C=O) groups excluding carboxylic acids is 2. The average Bonchev–Trinajstić information content (AvgIpc) is 2.75. The Morgan fingerprint density at radius 3 is 2.33 bits per heavy atom. The van der Waals surface area contributed by atoms with Crippen molar-refractivity contribution in [3.63, 3.8) is 0 Å². The van der Waals surface area contributed by atoms with Crippen LogP contribution in [0.25, 0.3) is 11.3 Å². The molecule has 0 radical (unpaired) electrons. The molecule has 2 aromatic rings. The third kappa shape index (κ3) is 5.10. The van der Waals surface area contributed by atoms with E-state index < -0.39 is 6.09 Å². The third-order valence-corrected chi connectivity index (χ3v) is 4.83. The molecule has 11 nitrogen and oxygen atoms in total. The number of anilines is 1. The molecule has 30 heavy (non-hydrogen) atoms. The van der Waals surface area contributed by atoms with Gasteiger partial charge in [0.2, 0.25) is 0 Å². The van der Waals surface area contributed by atoms with Crippen LogP contribution >= 0.6 is 0 Å². The molecule has 11 heteroatoms. The van der Waals surface area contributed by atoms with E-state index in [-0.39, 0.29) is 24.2 Å². The second kappa shape index (κ2) is 9.81. The molecule has 1 saturated carbocycles. The van der Waals surface area contributed by atoms with Gasteiger partial charge in [-0.3, -0.25) is 9.88 Å². The number of nitrogens with one attached hydrogen (secondary N) is 1. The van der Waals surface area contributed by atoms with Crippen LogP contribution in [-0.4, -0.2) is 57.9 Å². The lowest BCUT2D eigenvalue weighted by Crippen LogP contribution is -2.49. The maximum Gasteiger partial charge on any atom is 0.404 e. The van der Waals surface area contributed by atoms with Crippen LogP contribution in [0.15, 0.2) is 24.8 Å². The minimum atomic E-state index is -0.775. The lowest BCUT2D eigenvalue weighted by molar-refractivity contribution is 0.0786. The largest absolute Gasteiger partial charge is 0.467 e. The summed E-state index contributed by atoms with van der Waals surface area (Å²) in [5, 5.41) is 2.82. The Kier molecular flexibility index (Phi) is 6.94. The van der Waals surface area contributed by atoms with Gasteiger partial charge in [-0.1, -0.05) is 0 Å². The summed E-state index contributed by atoms with van der Waals surface area (Å²) in [7, 11) is 1.49. The smallest absolute Gasteiger partial charge is 0.404 e. The highest BCUT2D eigenvalue weighted by molar-refractivity contribution is 5.91. The second-order valence-electron chi connectivity index (χ2n) is 6.79. The van der Waals surface area contributed by atoms with Gasteiger partial charge in [-0.25, -0.2) is 24.5 Å². The van der Waals surface area contributed by atoms with Crippen molar-refractivity contribution in [2.24, 2.45) is 5.73 Å². The van der Waals surface area contributed by atoms with Gasteiger partial charge in [0.05, 0.1) is 25.2 Å². The fourth-order valence-corrected chi connectivity index (χ4v) is 3.43. The molecule has 3 rings (SSSR count). The molecule has 2 aromatic heterocycles. The number of rotatable bonds is 6. The lowest BCUT2D eigenvalue weighted by Gasteiger charge is -2.35. The molecule has 3 N–H and O–H groups in total. The number of ether oxygens (including phenoxy) is 2. The Morgan fingerprint density at radius 1 is 1.10 bits per heavy atom. The molecule has 0 aromatic carbocycles. The van der Waals surface area contributed by atoms with Gasteiger partial charge in [0.25, 0.3) is 0 Å². The van der Waals surface area contributed by atoms with E-state index in [1.165, 1.54) is 7.11 Å². The monoisotopic (exact) mass is 415 g/mol. The molecule has 0 spiro atoms. The minimum Gasteiger partial charge on any atom is -0.467 e. The van der Waals surface area contributed by atoms with E-state index in [9.17, 15) is 9.59 Å². The Hall–Kier alpha value is -3.50. The molecular formula is C19H25N7O4. The number of aromatic nitrogens is 4. The first-order valence-electron chi connectivity index (χ1n) is 9.73. The Bertz CT molecular complexity index is 852. The van der Waals surface area contributed by atoms with Gasteiger partial charge in [-0.2, -0.15) is 0 Å². The molecule has 3 amide bonds. The van der Waals surface area contributed by atoms with Gasteiger partial charge in [0, 0.05) is 30.5 Å². The first-order valence-corrected chi connectivity index (χ1v) is 9.73. The van der Waals surface area contributed by atoms with Crippen LogP contribution in [0.4, 0.5) is 15.4 Å². The zero-order chi connectivity index (χ0) is 21.5. The van der Waals surface area contributed by atoms with E-state index in [0.29, 0.717) is 49.3 Å². The van der Waals surface area contributed by atoms with Gasteiger partial charge >= 0.3 is 18.1 Å². The molecule has 0 unspecified atom stereocenters.